The molecule has 0 fully saturated rings. The number of hydrogen-bond acceptors (Lipinski definition) is 5. The van der Waals surface area contributed by atoms with Gasteiger partial charge in [0.1, 0.15) is 5.75 Å². The summed E-state index contributed by atoms with van der Waals surface area (Å²) in [7, 11) is -0.541. The van der Waals surface area contributed by atoms with Gasteiger partial charge in [0.25, 0.3) is 0 Å². The number of amides is 1. The molecule has 0 saturated carbocycles. The molecule has 29 heavy (non-hydrogen) atoms. The van der Waals surface area contributed by atoms with Gasteiger partial charge in [-0.05, 0) is 49.4 Å². The molecule has 0 aliphatic rings. The number of sulfonamides is 1. The van der Waals surface area contributed by atoms with Crippen molar-refractivity contribution in [1.29, 1.82) is 0 Å². The number of imidazole rings is 1. The van der Waals surface area contributed by atoms with Gasteiger partial charge in [-0.2, -0.15) is 0 Å². The first-order valence-corrected chi connectivity index (χ1v) is 10.7. The number of nitrogens with zero attached hydrogens (tertiary/aromatic N) is 3. The zero-order valence-corrected chi connectivity index (χ0v) is 17.4. The van der Waals surface area contributed by atoms with Gasteiger partial charge in [-0.15, -0.1) is 0 Å². The van der Waals surface area contributed by atoms with E-state index in [1.54, 1.807) is 36.7 Å². The maximum absolute atomic E-state index is 12.3. The Morgan fingerprint density at radius 3 is 2.55 bits per heavy atom. The Morgan fingerprint density at radius 1 is 1.17 bits per heavy atom. The normalized spacial score (nSPS) is 11.7. The molecule has 0 spiro atoms. The molecule has 0 bridgehead atoms. The summed E-state index contributed by atoms with van der Waals surface area (Å²) in [5, 5.41) is 2.85. The van der Waals surface area contributed by atoms with E-state index in [9.17, 15) is 13.2 Å². The van der Waals surface area contributed by atoms with Crippen molar-refractivity contribution in [2.24, 2.45) is 0 Å². The Hall–Kier alpha value is -2.91. The number of fused-ring (bicyclic) bond motifs is 1. The van der Waals surface area contributed by atoms with E-state index in [-0.39, 0.29) is 17.2 Å². The maximum atomic E-state index is 12.3. The molecule has 3 aromatic rings. The summed E-state index contributed by atoms with van der Waals surface area (Å²) in [5.74, 6) is 0.633. The summed E-state index contributed by atoms with van der Waals surface area (Å²) < 4.78 is 32.9. The first-order valence-electron chi connectivity index (χ1n) is 9.21. The summed E-state index contributed by atoms with van der Waals surface area (Å²) in [6.07, 6.45) is 1.87. The van der Waals surface area contributed by atoms with E-state index in [2.05, 4.69) is 10.3 Å². The number of rotatable bonds is 8. The molecule has 0 atom stereocenters. The first kappa shape index (κ1) is 20.8. The largest absolute Gasteiger partial charge is 0.494 e. The van der Waals surface area contributed by atoms with E-state index in [1.165, 1.54) is 14.1 Å². The molecule has 1 N–H and O–H groups in total. The summed E-state index contributed by atoms with van der Waals surface area (Å²) in [6, 6.07) is 12.0. The average molecular weight is 417 g/mol. The van der Waals surface area contributed by atoms with Crippen LogP contribution in [-0.2, 0) is 21.4 Å². The minimum absolute atomic E-state index is 0.122. The second-order valence-corrected chi connectivity index (χ2v) is 8.78. The number of hydrogen-bond donors (Lipinski definition) is 1. The van der Waals surface area contributed by atoms with Crippen molar-refractivity contribution in [2.75, 3.05) is 26.0 Å². The molecule has 154 valence electrons. The van der Waals surface area contributed by atoms with Crippen molar-refractivity contribution in [1.82, 2.24) is 13.9 Å². The Bertz CT molecular complexity index is 1110. The van der Waals surface area contributed by atoms with Crippen LogP contribution in [0.1, 0.15) is 13.3 Å². The van der Waals surface area contributed by atoms with Crippen LogP contribution in [0.3, 0.4) is 0 Å². The Kier molecular flexibility index (Phi) is 6.19. The van der Waals surface area contributed by atoms with Gasteiger partial charge < -0.3 is 14.6 Å². The number of carbonyl (C=O) groups is 1. The van der Waals surface area contributed by atoms with Gasteiger partial charge in [0.15, 0.2) is 0 Å². The van der Waals surface area contributed by atoms with Crippen molar-refractivity contribution in [2.45, 2.75) is 24.8 Å². The lowest BCUT2D eigenvalue weighted by molar-refractivity contribution is -0.116. The van der Waals surface area contributed by atoms with Crippen molar-refractivity contribution < 1.29 is 17.9 Å². The first-order chi connectivity index (χ1) is 13.8. The number of aryl methyl sites for hydroxylation is 1. The van der Waals surface area contributed by atoms with E-state index < -0.39 is 10.0 Å². The van der Waals surface area contributed by atoms with E-state index >= 15 is 0 Å². The van der Waals surface area contributed by atoms with Gasteiger partial charge in [0.05, 0.1) is 28.9 Å². The summed E-state index contributed by atoms with van der Waals surface area (Å²) in [4.78, 5) is 16.7. The van der Waals surface area contributed by atoms with E-state index in [4.69, 9.17) is 4.74 Å². The van der Waals surface area contributed by atoms with Crippen LogP contribution in [-0.4, -0.2) is 48.9 Å². The lowest BCUT2D eigenvalue weighted by atomic mass is 10.3. The van der Waals surface area contributed by atoms with E-state index in [0.29, 0.717) is 24.4 Å². The van der Waals surface area contributed by atoms with Gasteiger partial charge in [-0.3, -0.25) is 4.79 Å². The van der Waals surface area contributed by atoms with E-state index in [0.717, 1.165) is 15.6 Å². The van der Waals surface area contributed by atoms with Crippen molar-refractivity contribution >= 4 is 32.7 Å². The van der Waals surface area contributed by atoms with Crippen molar-refractivity contribution in [3.05, 3.63) is 48.8 Å². The smallest absolute Gasteiger partial charge is 0.242 e. The molecule has 0 unspecified atom stereocenters. The summed E-state index contributed by atoms with van der Waals surface area (Å²) in [5.41, 5.74) is 2.05. The van der Waals surface area contributed by atoms with Crippen LogP contribution in [0.2, 0.25) is 0 Å². The van der Waals surface area contributed by atoms with Crippen LogP contribution >= 0.6 is 0 Å². The molecule has 9 heteroatoms. The number of nitrogens with one attached hydrogen (secondary N) is 1. The molecule has 3 rings (SSSR count). The lowest BCUT2D eigenvalue weighted by Crippen LogP contribution is -2.22. The topological polar surface area (TPSA) is 93.5 Å². The molecule has 1 heterocycles. The minimum atomic E-state index is -3.52. The number of anilines is 1. The minimum Gasteiger partial charge on any atom is -0.494 e. The average Bonchev–Trinajstić information content (AvgIpc) is 3.10. The fraction of sp³-hybridized carbons (Fsp3) is 0.300. The van der Waals surface area contributed by atoms with Gasteiger partial charge in [0, 0.05) is 32.7 Å². The monoisotopic (exact) mass is 416 g/mol. The SMILES string of the molecule is CCOc1ccc(NC(=O)CCn2cnc3cc(S(=O)(=O)N(C)C)ccc32)cc1. The number of carbonyl (C=O) groups excluding carboxylic acids is 1. The molecule has 0 aliphatic heterocycles. The molecular weight excluding hydrogens is 392 g/mol. The zero-order valence-electron chi connectivity index (χ0n) is 16.6. The summed E-state index contributed by atoms with van der Waals surface area (Å²) >= 11 is 0. The standard InChI is InChI=1S/C20H24N4O4S/c1-4-28-16-7-5-15(6-8-16)22-20(25)11-12-24-14-21-18-13-17(9-10-19(18)24)29(26,27)23(2)3/h5-10,13-14H,4,11-12H2,1-3H3,(H,22,25). The second kappa shape index (κ2) is 8.62. The van der Waals surface area contributed by atoms with Crippen LogP contribution < -0.4 is 10.1 Å². The van der Waals surface area contributed by atoms with Crippen molar-refractivity contribution in [3.8, 4) is 5.75 Å². The highest BCUT2D eigenvalue weighted by Crippen LogP contribution is 2.21. The molecule has 0 aliphatic carbocycles. The third kappa shape index (κ3) is 4.75. The van der Waals surface area contributed by atoms with Crippen LogP contribution in [0.4, 0.5) is 5.69 Å². The zero-order chi connectivity index (χ0) is 21.0. The van der Waals surface area contributed by atoms with Crippen LogP contribution in [0, 0.1) is 0 Å². The quantitative estimate of drug-likeness (QED) is 0.609. The van der Waals surface area contributed by atoms with Gasteiger partial charge >= 0.3 is 0 Å². The predicted molar refractivity (Wildman–Crippen MR) is 111 cm³/mol. The number of aromatic nitrogens is 2. The Labute approximate surface area is 170 Å². The molecular formula is C20H24N4O4S. The second-order valence-electron chi connectivity index (χ2n) is 6.63. The fourth-order valence-corrected chi connectivity index (χ4v) is 3.76. The Morgan fingerprint density at radius 2 is 1.90 bits per heavy atom. The van der Waals surface area contributed by atoms with Crippen LogP contribution in [0.25, 0.3) is 11.0 Å². The van der Waals surface area contributed by atoms with Gasteiger partial charge in [-0.1, -0.05) is 0 Å². The van der Waals surface area contributed by atoms with Crippen LogP contribution in [0.5, 0.6) is 5.75 Å². The van der Waals surface area contributed by atoms with Gasteiger partial charge in [-0.25, -0.2) is 17.7 Å². The third-order valence-electron chi connectivity index (χ3n) is 4.40. The number of ether oxygens (including phenoxy) is 1. The van der Waals surface area contributed by atoms with Crippen LogP contribution in [0.15, 0.2) is 53.7 Å². The van der Waals surface area contributed by atoms with Gasteiger partial charge in [0.2, 0.25) is 15.9 Å². The fourth-order valence-electron chi connectivity index (χ4n) is 2.84. The summed E-state index contributed by atoms with van der Waals surface area (Å²) in [6.45, 7) is 2.93. The third-order valence-corrected chi connectivity index (χ3v) is 6.21. The molecule has 2 aromatic carbocycles. The predicted octanol–water partition coefficient (Wildman–Crippen LogP) is 2.71. The highest BCUT2D eigenvalue weighted by molar-refractivity contribution is 7.89. The highest BCUT2D eigenvalue weighted by Gasteiger charge is 2.18. The van der Waals surface area contributed by atoms with Crippen molar-refractivity contribution in [3.63, 3.8) is 0 Å². The Balaban J connectivity index is 1.65. The molecule has 8 nitrogen and oxygen atoms in total. The lowest BCUT2D eigenvalue weighted by Gasteiger charge is -2.11. The molecule has 0 saturated heterocycles. The van der Waals surface area contributed by atoms with E-state index in [1.807, 2.05) is 23.6 Å². The highest BCUT2D eigenvalue weighted by atomic mass is 32.2. The molecule has 1 aromatic heterocycles. The maximum Gasteiger partial charge on any atom is 0.242 e. The molecule has 1 amide bonds. The number of benzene rings is 2. The molecule has 0 radical (unpaired) electrons.